The molecule has 0 aromatic heterocycles. The molecular weight excluding hydrogens is 269 g/mol. The van der Waals surface area contributed by atoms with Crippen molar-refractivity contribution in [3.8, 4) is 0 Å². The van der Waals surface area contributed by atoms with Crippen LogP contribution in [-0.4, -0.2) is 34.6 Å². The van der Waals surface area contributed by atoms with Gasteiger partial charge in [0.25, 0.3) is 5.91 Å². The van der Waals surface area contributed by atoms with Crippen molar-refractivity contribution in [2.24, 2.45) is 0 Å². The van der Waals surface area contributed by atoms with Crippen LogP contribution >= 0.6 is 11.6 Å². The first-order chi connectivity index (χ1) is 9.00. The van der Waals surface area contributed by atoms with E-state index >= 15 is 0 Å². The molecule has 104 valence electrons. The molecule has 1 saturated heterocycles. The predicted octanol–water partition coefficient (Wildman–Crippen LogP) is 2.85. The van der Waals surface area contributed by atoms with Gasteiger partial charge in [-0.15, -0.1) is 0 Å². The molecule has 1 aromatic carbocycles. The summed E-state index contributed by atoms with van der Waals surface area (Å²) in [6, 6.07) is 3.69. The van der Waals surface area contributed by atoms with Gasteiger partial charge in [0, 0.05) is 11.6 Å². The normalized spacial score (nSPS) is 21.3. The van der Waals surface area contributed by atoms with Crippen LogP contribution in [-0.2, 0) is 0 Å². The van der Waals surface area contributed by atoms with Crippen molar-refractivity contribution in [3.63, 3.8) is 0 Å². The minimum atomic E-state index is -0.619. The van der Waals surface area contributed by atoms with Crippen LogP contribution in [0.15, 0.2) is 18.2 Å². The molecule has 2 rings (SSSR count). The van der Waals surface area contributed by atoms with Crippen LogP contribution in [0.5, 0.6) is 0 Å². The van der Waals surface area contributed by atoms with Gasteiger partial charge in [0.2, 0.25) is 0 Å². The molecule has 0 aliphatic carbocycles. The van der Waals surface area contributed by atoms with E-state index in [9.17, 15) is 14.3 Å². The standard InChI is InChI=1S/C14H17ClFNO2/c1-9(18)13-4-2-3-7-17(13)14(19)11-8-10(15)5-6-12(11)16/h5-6,8-9,13,18H,2-4,7H2,1H3. The van der Waals surface area contributed by atoms with E-state index < -0.39 is 17.8 Å². The maximum atomic E-state index is 13.7. The smallest absolute Gasteiger partial charge is 0.257 e. The van der Waals surface area contributed by atoms with Crippen molar-refractivity contribution in [1.82, 2.24) is 4.90 Å². The molecule has 1 N–H and O–H groups in total. The van der Waals surface area contributed by atoms with E-state index in [4.69, 9.17) is 11.6 Å². The van der Waals surface area contributed by atoms with Crippen LogP contribution in [0, 0.1) is 5.82 Å². The second-order valence-electron chi connectivity index (χ2n) is 4.93. The number of likely N-dealkylation sites (tertiary alicyclic amines) is 1. The average molecular weight is 286 g/mol. The first-order valence-electron chi connectivity index (χ1n) is 6.45. The Morgan fingerprint density at radius 1 is 1.53 bits per heavy atom. The molecule has 1 aliphatic heterocycles. The van der Waals surface area contributed by atoms with Gasteiger partial charge in [0.15, 0.2) is 0 Å². The topological polar surface area (TPSA) is 40.5 Å². The van der Waals surface area contributed by atoms with E-state index in [2.05, 4.69) is 0 Å². The Kier molecular flexibility index (Phi) is 4.42. The molecule has 0 spiro atoms. The van der Waals surface area contributed by atoms with Gasteiger partial charge in [-0.1, -0.05) is 11.6 Å². The quantitative estimate of drug-likeness (QED) is 0.908. The predicted molar refractivity (Wildman–Crippen MR) is 71.8 cm³/mol. The Bertz CT molecular complexity index is 479. The summed E-state index contributed by atoms with van der Waals surface area (Å²) in [4.78, 5) is 14.0. The molecule has 3 nitrogen and oxygen atoms in total. The fraction of sp³-hybridized carbons (Fsp3) is 0.500. The highest BCUT2D eigenvalue weighted by Gasteiger charge is 2.31. The van der Waals surface area contributed by atoms with Gasteiger partial charge in [-0.2, -0.15) is 0 Å². The molecule has 1 aliphatic rings. The molecule has 0 bridgehead atoms. The van der Waals surface area contributed by atoms with Gasteiger partial charge < -0.3 is 10.0 Å². The zero-order chi connectivity index (χ0) is 14.0. The van der Waals surface area contributed by atoms with Gasteiger partial charge >= 0.3 is 0 Å². The summed E-state index contributed by atoms with van der Waals surface area (Å²) in [6.07, 6.45) is 1.96. The van der Waals surface area contributed by atoms with Gasteiger partial charge in [0.1, 0.15) is 5.82 Å². The van der Waals surface area contributed by atoms with Crippen molar-refractivity contribution < 1.29 is 14.3 Å². The number of hydrogen-bond acceptors (Lipinski definition) is 2. The van der Waals surface area contributed by atoms with Crippen LogP contribution < -0.4 is 0 Å². The fourth-order valence-corrected chi connectivity index (χ4v) is 2.70. The molecule has 5 heteroatoms. The number of nitrogens with zero attached hydrogens (tertiary/aromatic N) is 1. The first kappa shape index (κ1) is 14.3. The number of rotatable bonds is 2. The molecule has 2 unspecified atom stereocenters. The summed E-state index contributed by atoms with van der Waals surface area (Å²) in [5, 5.41) is 10.1. The summed E-state index contributed by atoms with van der Waals surface area (Å²) in [7, 11) is 0. The maximum Gasteiger partial charge on any atom is 0.257 e. The number of aliphatic hydroxyl groups excluding tert-OH is 1. The van der Waals surface area contributed by atoms with Gasteiger partial charge in [-0.25, -0.2) is 4.39 Å². The minimum Gasteiger partial charge on any atom is -0.391 e. The third-order valence-corrected chi connectivity index (χ3v) is 3.76. The summed E-state index contributed by atoms with van der Waals surface area (Å²) >= 11 is 5.81. The SMILES string of the molecule is CC(O)C1CCCCN1C(=O)c1cc(Cl)ccc1F. The molecule has 19 heavy (non-hydrogen) atoms. The molecular formula is C14H17ClFNO2. The monoisotopic (exact) mass is 285 g/mol. The second kappa shape index (κ2) is 5.88. The Hall–Kier alpha value is -1.13. The largest absolute Gasteiger partial charge is 0.391 e. The zero-order valence-electron chi connectivity index (χ0n) is 10.8. The van der Waals surface area contributed by atoms with Gasteiger partial charge in [-0.3, -0.25) is 4.79 Å². The molecule has 1 aromatic rings. The maximum absolute atomic E-state index is 13.7. The van der Waals surface area contributed by atoms with E-state index in [0.717, 1.165) is 19.3 Å². The Morgan fingerprint density at radius 2 is 2.26 bits per heavy atom. The van der Waals surface area contributed by atoms with Crippen molar-refractivity contribution in [1.29, 1.82) is 0 Å². The van der Waals surface area contributed by atoms with Crippen molar-refractivity contribution in [2.45, 2.75) is 38.3 Å². The lowest BCUT2D eigenvalue weighted by Gasteiger charge is -2.37. The van der Waals surface area contributed by atoms with Crippen molar-refractivity contribution in [2.75, 3.05) is 6.54 Å². The van der Waals surface area contributed by atoms with Crippen LogP contribution in [0.3, 0.4) is 0 Å². The fourth-order valence-electron chi connectivity index (χ4n) is 2.53. The number of halogens is 2. The Balaban J connectivity index is 2.28. The third kappa shape index (κ3) is 3.07. The molecule has 0 saturated carbocycles. The molecule has 1 amide bonds. The van der Waals surface area contributed by atoms with E-state index in [1.165, 1.54) is 18.2 Å². The summed E-state index contributed by atoms with van der Waals surface area (Å²) < 4.78 is 13.7. The van der Waals surface area contributed by atoms with Gasteiger partial charge in [0.05, 0.1) is 17.7 Å². The summed E-state index contributed by atoms with van der Waals surface area (Å²) in [5.74, 6) is -0.977. The molecule has 2 atom stereocenters. The average Bonchev–Trinajstić information content (AvgIpc) is 2.40. The Morgan fingerprint density at radius 3 is 2.95 bits per heavy atom. The third-order valence-electron chi connectivity index (χ3n) is 3.53. The van der Waals surface area contributed by atoms with E-state index in [1.807, 2.05) is 0 Å². The highest BCUT2D eigenvalue weighted by molar-refractivity contribution is 6.31. The molecule has 0 radical (unpaired) electrons. The number of amides is 1. The number of carbonyl (C=O) groups excluding carboxylic acids is 1. The van der Waals surface area contributed by atoms with Crippen molar-refractivity contribution >= 4 is 17.5 Å². The zero-order valence-corrected chi connectivity index (χ0v) is 11.5. The number of aliphatic hydroxyl groups is 1. The van der Waals surface area contributed by atoms with E-state index in [0.29, 0.717) is 11.6 Å². The number of carbonyl (C=O) groups is 1. The van der Waals surface area contributed by atoms with E-state index in [1.54, 1.807) is 11.8 Å². The molecule has 1 fully saturated rings. The highest BCUT2D eigenvalue weighted by atomic mass is 35.5. The van der Waals surface area contributed by atoms with Crippen LogP contribution in [0.1, 0.15) is 36.5 Å². The van der Waals surface area contributed by atoms with Gasteiger partial charge in [-0.05, 0) is 44.4 Å². The molecule has 1 heterocycles. The first-order valence-corrected chi connectivity index (χ1v) is 6.82. The number of benzene rings is 1. The lowest BCUT2D eigenvalue weighted by Crippen LogP contribution is -2.49. The van der Waals surface area contributed by atoms with Crippen LogP contribution in [0.2, 0.25) is 5.02 Å². The Labute approximate surface area is 117 Å². The van der Waals surface area contributed by atoms with E-state index in [-0.39, 0.29) is 11.6 Å². The number of piperidine rings is 1. The number of hydrogen-bond donors (Lipinski definition) is 1. The highest BCUT2D eigenvalue weighted by Crippen LogP contribution is 2.24. The van der Waals surface area contributed by atoms with Crippen LogP contribution in [0.4, 0.5) is 4.39 Å². The van der Waals surface area contributed by atoms with Crippen molar-refractivity contribution in [3.05, 3.63) is 34.6 Å². The minimum absolute atomic E-state index is 0.0277. The lowest BCUT2D eigenvalue weighted by molar-refractivity contribution is 0.0277. The second-order valence-corrected chi connectivity index (χ2v) is 5.36. The van der Waals surface area contributed by atoms with Crippen LogP contribution in [0.25, 0.3) is 0 Å². The lowest BCUT2D eigenvalue weighted by atomic mass is 9.97. The summed E-state index contributed by atoms with van der Waals surface area (Å²) in [5.41, 5.74) is -0.0277. The summed E-state index contributed by atoms with van der Waals surface area (Å²) in [6.45, 7) is 2.20.